The lowest BCUT2D eigenvalue weighted by Crippen LogP contribution is -2.42. The number of benzene rings is 3. The summed E-state index contributed by atoms with van der Waals surface area (Å²) in [4.78, 5) is 28.2. The zero-order chi connectivity index (χ0) is 27.2. The first-order valence-electron chi connectivity index (χ1n) is 12.9. The highest BCUT2D eigenvalue weighted by Crippen LogP contribution is 2.33. The molecule has 1 aromatic heterocycles. The largest absolute Gasteiger partial charge is 0.322 e. The minimum atomic E-state index is -0.314. The van der Waals surface area contributed by atoms with Crippen LogP contribution in [0, 0.1) is 26.7 Å². The van der Waals surface area contributed by atoms with Gasteiger partial charge >= 0.3 is 6.03 Å². The molecule has 7 nitrogen and oxygen atoms in total. The Kier molecular flexibility index (Phi) is 8.26. The Morgan fingerprint density at radius 2 is 1.58 bits per heavy atom. The standard InChI is InChI=1S/C31H35N5O2/c1-21(2)19-35(31(38)32-26-13-9-10-23(4)18-26)20-28(37)33-30-29(25-11-7-6-8-12-25)24(5)34-36(30)27-16-14-22(3)15-17-27/h6-18,21H,19-20H2,1-5H3,(H,32,38)(H,33,37). The van der Waals surface area contributed by atoms with Gasteiger partial charge in [-0.15, -0.1) is 0 Å². The summed E-state index contributed by atoms with van der Waals surface area (Å²) >= 11 is 0. The van der Waals surface area contributed by atoms with Crippen LogP contribution < -0.4 is 10.6 Å². The molecule has 3 amide bonds. The highest BCUT2D eigenvalue weighted by molar-refractivity contribution is 5.99. The molecular formula is C31H35N5O2. The van der Waals surface area contributed by atoms with Crippen LogP contribution in [0.4, 0.5) is 16.3 Å². The second-order valence-corrected chi connectivity index (χ2v) is 10.0. The molecular weight excluding hydrogens is 474 g/mol. The molecule has 4 rings (SSSR count). The van der Waals surface area contributed by atoms with Gasteiger partial charge in [0.2, 0.25) is 5.91 Å². The van der Waals surface area contributed by atoms with Gasteiger partial charge < -0.3 is 15.5 Å². The number of nitrogens with one attached hydrogen (secondary N) is 2. The molecule has 4 aromatic rings. The summed E-state index contributed by atoms with van der Waals surface area (Å²) in [5.41, 5.74) is 6.31. The predicted octanol–water partition coefficient (Wildman–Crippen LogP) is 6.59. The Hall–Kier alpha value is -4.39. The van der Waals surface area contributed by atoms with Crippen molar-refractivity contribution in [1.82, 2.24) is 14.7 Å². The average Bonchev–Trinajstić information content (AvgIpc) is 3.19. The maximum absolute atomic E-state index is 13.5. The fourth-order valence-corrected chi connectivity index (χ4v) is 4.40. The summed E-state index contributed by atoms with van der Waals surface area (Å²) in [7, 11) is 0. The lowest BCUT2D eigenvalue weighted by atomic mass is 10.1. The van der Waals surface area contributed by atoms with Gasteiger partial charge in [-0.2, -0.15) is 5.10 Å². The van der Waals surface area contributed by atoms with Gasteiger partial charge in [-0.25, -0.2) is 9.48 Å². The molecule has 0 bridgehead atoms. The fraction of sp³-hybridized carbons (Fsp3) is 0.258. The molecule has 0 saturated heterocycles. The van der Waals surface area contributed by atoms with E-state index in [-0.39, 0.29) is 24.4 Å². The van der Waals surface area contributed by atoms with Crippen LogP contribution in [0.5, 0.6) is 0 Å². The third kappa shape index (κ3) is 6.48. The molecule has 2 N–H and O–H groups in total. The smallest absolute Gasteiger partial charge is 0.315 e. The monoisotopic (exact) mass is 509 g/mol. The van der Waals surface area contributed by atoms with E-state index < -0.39 is 0 Å². The molecule has 0 saturated carbocycles. The number of carbonyl (C=O) groups excluding carboxylic acids is 2. The Morgan fingerprint density at radius 1 is 0.868 bits per heavy atom. The van der Waals surface area contributed by atoms with Crippen molar-refractivity contribution in [1.29, 1.82) is 0 Å². The van der Waals surface area contributed by atoms with Gasteiger partial charge in [0.25, 0.3) is 0 Å². The van der Waals surface area contributed by atoms with Crippen LogP contribution in [-0.4, -0.2) is 39.7 Å². The van der Waals surface area contributed by atoms with E-state index in [4.69, 9.17) is 5.10 Å². The van der Waals surface area contributed by atoms with Gasteiger partial charge in [-0.1, -0.05) is 74.0 Å². The summed E-state index contributed by atoms with van der Waals surface area (Å²) in [6.07, 6.45) is 0. The van der Waals surface area contributed by atoms with E-state index in [0.29, 0.717) is 18.1 Å². The molecule has 0 unspecified atom stereocenters. The average molecular weight is 510 g/mol. The van der Waals surface area contributed by atoms with Crippen LogP contribution in [-0.2, 0) is 4.79 Å². The lowest BCUT2D eigenvalue weighted by Gasteiger charge is -2.24. The number of aromatic nitrogens is 2. The molecule has 0 aliphatic heterocycles. The molecule has 0 fully saturated rings. The highest BCUT2D eigenvalue weighted by atomic mass is 16.2. The van der Waals surface area contributed by atoms with Gasteiger partial charge in [0, 0.05) is 17.8 Å². The Morgan fingerprint density at radius 3 is 2.24 bits per heavy atom. The summed E-state index contributed by atoms with van der Waals surface area (Å²) in [6, 6.07) is 25.2. The molecule has 0 radical (unpaired) electrons. The van der Waals surface area contributed by atoms with Crippen LogP contribution in [0.15, 0.2) is 78.9 Å². The van der Waals surface area contributed by atoms with E-state index in [1.807, 2.05) is 113 Å². The number of hydrogen-bond acceptors (Lipinski definition) is 3. The maximum Gasteiger partial charge on any atom is 0.322 e. The van der Waals surface area contributed by atoms with E-state index in [9.17, 15) is 9.59 Å². The fourth-order valence-electron chi connectivity index (χ4n) is 4.40. The first-order chi connectivity index (χ1) is 18.2. The highest BCUT2D eigenvalue weighted by Gasteiger charge is 2.23. The molecule has 0 spiro atoms. The van der Waals surface area contributed by atoms with Crippen molar-refractivity contribution < 1.29 is 9.59 Å². The molecule has 7 heteroatoms. The Balaban J connectivity index is 1.63. The Labute approximate surface area is 224 Å². The normalized spacial score (nSPS) is 10.9. The third-order valence-electron chi connectivity index (χ3n) is 6.14. The Bertz CT molecular complexity index is 1410. The van der Waals surface area contributed by atoms with E-state index in [2.05, 4.69) is 10.6 Å². The lowest BCUT2D eigenvalue weighted by molar-refractivity contribution is -0.116. The van der Waals surface area contributed by atoms with Gasteiger partial charge in [-0.3, -0.25) is 4.79 Å². The number of nitrogens with zero attached hydrogens (tertiary/aromatic N) is 3. The van der Waals surface area contributed by atoms with Gasteiger partial charge in [0.15, 0.2) is 0 Å². The van der Waals surface area contributed by atoms with E-state index in [1.54, 1.807) is 9.58 Å². The zero-order valence-corrected chi connectivity index (χ0v) is 22.7. The van der Waals surface area contributed by atoms with Crippen LogP contribution >= 0.6 is 0 Å². The number of carbonyl (C=O) groups is 2. The van der Waals surface area contributed by atoms with Crippen LogP contribution in [0.2, 0.25) is 0 Å². The summed E-state index contributed by atoms with van der Waals surface area (Å²) < 4.78 is 1.76. The first kappa shape index (κ1) is 26.7. The number of amides is 3. The van der Waals surface area contributed by atoms with Crippen molar-refractivity contribution in [2.45, 2.75) is 34.6 Å². The van der Waals surface area contributed by atoms with Crippen molar-refractivity contribution in [3.05, 3.63) is 95.7 Å². The van der Waals surface area contributed by atoms with Crippen molar-refractivity contribution in [3.63, 3.8) is 0 Å². The number of rotatable bonds is 8. The second kappa shape index (κ2) is 11.8. The zero-order valence-electron chi connectivity index (χ0n) is 22.7. The SMILES string of the molecule is Cc1ccc(-n2nc(C)c(-c3ccccc3)c2NC(=O)CN(CC(C)C)C(=O)Nc2cccc(C)c2)cc1. The van der Waals surface area contributed by atoms with Crippen LogP contribution in [0.25, 0.3) is 16.8 Å². The quantitative estimate of drug-likeness (QED) is 0.281. The molecule has 0 aliphatic rings. The van der Waals surface area contributed by atoms with Crippen LogP contribution in [0.3, 0.4) is 0 Å². The molecule has 0 aliphatic carbocycles. The summed E-state index contributed by atoms with van der Waals surface area (Å²) in [5, 5.41) is 10.8. The minimum Gasteiger partial charge on any atom is -0.315 e. The van der Waals surface area contributed by atoms with Crippen molar-refractivity contribution >= 4 is 23.4 Å². The number of urea groups is 1. The van der Waals surface area contributed by atoms with Crippen molar-refractivity contribution in [2.75, 3.05) is 23.7 Å². The van der Waals surface area contributed by atoms with Crippen LogP contribution in [0.1, 0.15) is 30.7 Å². The maximum atomic E-state index is 13.5. The van der Waals surface area contributed by atoms with E-state index in [1.165, 1.54) is 0 Å². The van der Waals surface area contributed by atoms with Crippen molar-refractivity contribution in [2.24, 2.45) is 5.92 Å². The number of hydrogen-bond donors (Lipinski definition) is 2. The summed E-state index contributed by atoms with van der Waals surface area (Å²) in [6.45, 7) is 10.3. The predicted molar refractivity (Wildman–Crippen MR) is 154 cm³/mol. The summed E-state index contributed by atoms with van der Waals surface area (Å²) in [5.74, 6) is 0.466. The molecule has 1 heterocycles. The van der Waals surface area contributed by atoms with E-state index in [0.717, 1.165) is 33.6 Å². The first-order valence-corrected chi connectivity index (χ1v) is 12.9. The van der Waals surface area contributed by atoms with Crippen molar-refractivity contribution in [3.8, 4) is 16.8 Å². The van der Waals surface area contributed by atoms with Gasteiger partial charge in [0.1, 0.15) is 12.4 Å². The topological polar surface area (TPSA) is 79.3 Å². The molecule has 3 aromatic carbocycles. The third-order valence-corrected chi connectivity index (χ3v) is 6.14. The molecule has 0 atom stereocenters. The van der Waals surface area contributed by atoms with E-state index >= 15 is 0 Å². The second-order valence-electron chi connectivity index (χ2n) is 10.0. The molecule has 38 heavy (non-hydrogen) atoms. The van der Waals surface area contributed by atoms with Gasteiger partial charge in [0.05, 0.1) is 11.4 Å². The number of aryl methyl sites for hydroxylation is 3. The minimum absolute atomic E-state index is 0.0951. The number of anilines is 2. The molecule has 196 valence electrons. The van der Waals surface area contributed by atoms with Gasteiger partial charge in [-0.05, 0) is 62.1 Å².